The van der Waals surface area contributed by atoms with Gasteiger partial charge in [-0.1, -0.05) is 18.2 Å². The maximum Gasteiger partial charge on any atom is 0.270 e. The van der Waals surface area contributed by atoms with Gasteiger partial charge in [0, 0.05) is 62.5 Å². The lowest BCUT2D eigenvalue weighted by molar-refractivity contribution is -0.119. The zero-order chi connectivity index (χ0) is 34.5. The normalized spacial score (nSPS) is 19.3. The summed E-state index contributed by atoms with van der Waals surface area (Å²) in [5.74, 6) is -0.0706. The fraction of sp³-hybridized carbons (Fsp3) is 0.389. The molecule has 0 saturated heterocycles. The van der Waals surface area contributed by atoms with E-state index in [-0.39, 0.29) is 23.8 Å². The summed E-state index contributed by atoms with van der Waals surface area (Å²) < 4.78 is 5.81. The third-order valence-corrected chi connectivity index (χ3v) is 8.42. The average Bonchev–Trinajstić information content (AvgIpc) is 3.53. The van der Waals surface area contributed by atoms with E-state index >= 15 is 0 Å². The maximum atomic E-state index is 13.5. The molecular formula is C36H46N8O4. The number of nitrogens with zero attached hydrogens (tertiary/aromatic N) is 3. The number of hydrogen-bond acceptors (Lipinski definition) is 9. The van der Waals surface area contributed by atoms with E-state index in [1.807, 2.05) is 44.3 Å². The molecule has 1 aromatic carbocycles. The number of carbonyl (C=O) groups excluding carboxylic acids is 3. The molecule has 5 N–H and O–H groups in total. The molecule has 48 heavy (non-hydrogen) atoms. The Balaban J connectivity index is 0.00000123. The lowest BCUT2D eigenvalue weighted by Gasteiger charge is -2.23. The van der Waals surface area contributed by atoms with Crippen LogP contribution in [0.5, 0.6) is 0 Å². The first kappa shape index (κ1) is 35.9. The second kappa shape index (κ2) is 17.8. The Hall–Kier alpha value is -4.94. The summed E-state index contributed by atoms with van der Waals surface area (Å²) >= 11 is 0. The van der Waals surface area contributed by atoms with E-state index in [9.17, 15) is 9.59 Å². The monoisotopic (exact) mass is 654 g/mol. The molecule has 0 radical (unpaired) electrons. The molecule has 254 valence electrons. The van der Waals surface area contributed by atoms with Crippen molar-refractivity contribution in [2.24, 2.45) is 5.92 Å². The molecule has 1 unspecified atom stereocenters. The van der Waals surface area contributed by atoms with E-state index in [2.05, 4.69) is 49.2 Å². The highest BCUT2D eigenvalue weighted by Crippen LogP contribution is 2.28. The van der Waals surface area contributed by atoms with E-state index in [4.69, 9.17) is 14.9 Å². The molecule has 0 spiro atoms. The highest BCUT2D eigenvalue weighted by molar-refractivity contribution is 5.94. The second-order valence-corrected chi connectivity index (χ2v) is 12.0. The molecule has 2 aromatic heterocycles. The number of amides is 3. The van der Waals surface area contributed by atoms with Crippen LogP contribution in [-0.2, 0) is 33.6 Å². The van der Waals surface area contributed by atoms with E-state index in [1.165, 1.54) is 6.21 Å². The van der Waals surface area contributed by atoms with E-state index in [0.717, 1.165) is 58.6 Å². The van der Waals surface area contributed by atoms with Crippen molar-refractivity contribution < 1.29 is 19.1 Å². The van der Waals surface area contributed by atoms with Crippen molar-refractivity contribution in [2.75, 3.05) is 58.1 Å². The Labute approximate surface area is 282 Å². The highest BCUT2D eigenvalue weighted by atomic mass is 16.5. The van der Waals surface area contributed by atoms with Gasteiger partial charge in [-0.3, -0.25) is 19.4 Å². The van der Waals surface area contributed by atoms with Gasteiger partial charge in [0.15, 0.2) is 0 Å². The Morgan fingerprint density at radius 1 is 1.08 bits per heavy atom. The molecule has 6 rings (SSSR count). The number of aromatic nitrogens is 2. The lowest BCUT2D eigenvalue weighted by atomic mass is 9.97. The molecule has 0 fully saturated rings. The molecule has 3 aliphatic rings. The SMILES string of the molecule is CNC=O.CNc1c(C)cc(C[C@@H]2CCN(C)CCOC/C=C/c3ccc(nc3)NC(=O)C3Cc4cnc(cc4C3)C(=O)N2)cc1C=N. The first-order valence-electron chi connectivity index (χ1n) is 16.2. The number of pyridine rings is 2. The van der Waals surface area contributed by atoms with Crippen LogP contribution in [0.3, 0.4) is 0 Å². The molecule has 4 heterocycles. The van der Waals surface area contributed by atoms with Crippen LogP contribution in [0, 0.1) is 18.3 Å². The van der Waals surface area contributed by atoms with Gasteiger partial charge in [0.05, 0.1) is 13.2 Å². The number of nitrogens with one attached hydrogen (secondary N) is 5. The van der Waals surface area contributed by atoms with Gasteiger partial charge in [-0.25, -0.2) is 4.98 Å². The van der Waals surface area contributed by atoms with Crippen LogP contribution in [0.4, 0.5) is 11.5 Å². The van der Waals surface area contributed by atoms with Crippen LogP contribution >= 0.6 is 0 Å². The quantitative estimate of drug-likeness (QED) is 0.207. The minimum Gasteiger partial charge on any atom is -0.387 e. The number of rotatable bonds is 5. The van der Waals surface area contributed by atoms with Crippen LogP contribution in [0.15, 0.2) is 48.8 Å². The molecule has 2 aliphatic heterocycles. The van der Waals surface area contributed by atoms with Crippen molar-refractivity contribution in [3.63, 3.8) is 0 Å². The third kappa shape index (κ3) is 10.0. The molecule has 2 atom stereocenters. The number of carbonyl (C=O) groups is 3. The molecule has 3 amide bonds. The standard InChI is InChI=1S/C34H41N7O3.C2H5NO/c1-22-13-24(14-27(19-35)32(22)36-2)15-29-8-9-41(3)10-12-44-11-4-5-23-6-7-31(38-20-23)40-33(42)26-16-25-18-30(34(43)39-29)37-21-28(25)17-26;1-3-2-4/h4-7,13-14,18-21,26,29,35-36H,8-12,15-17H2,1-3H3,(H,39,43)(H,38,40,42);2H,1H3,(H,3,4)/b5-4+,35-19?;/t26?,29-;/m0./s1. The first-order chi connectivity index (χ1) is 23.2. The number of fused-ring (bicyclic) bond motifs is 13. The van der Waals surface area contributed by atoms with Crippen molar-refractivity contribution in [3.05, 3.63) is 87.9 Å². The fourth-order valence-electron chi connectivity index (χ4n) is 5.90. The van der Waals surface area contributed by atoms with Gasteiger partial charge < -0.3 is 36.3 Å². The van der Waals surface area contributed by atoms with Gasteiger partial charge in [-0.2, -0.15) is 0 Å². The predicted molar refractivity (Wildman–Crippen MR) is 189 cm³/mol. The van der Waals surface area contributed by atoms with Crippen LogP contribution in [-0.4, -0.2) is 92.8 Å². The third-order valence-electron chi connectivity index (χ3n) is 8.42. The Kier molecular flexibility index (Phi) is 13.3. The van der Waals surface area contributed by atoms with Gasteiger partial charge in [0.1, 0.15) is 11.5 Å². The number of hydrogen-bond donors (Lipinski definition) is 5. The smallest absolute Gasteiger partial charge is 0.270 e. The van der Waals surface area contributed by atoms with E-state index < -0.39 is 0 Å². The van der Waals surface area contributed by atoms with Crippen LogP contribution < -0.4 is 21.3 Å². The molecule has 0 saturated carbocycles. The summed E-state index contributed by atoms with van der Waals surface area (Å²) in [6.07, 6.45) is 11.8. The summed E-state index contributed by atoms with van der Waals surface area (Å²) in [5.41, 5.74) is 7.10. The topological polar surface area (TPSA) is 161 Å². The number of benzene rings is 1. The summed E-state index contributed by atoms with van der Waals surface area (Å²) in [6, 6.07) is 9.51. The summed E-state index contributed by atoms with van der Waals surface area (Å²) in [6.45, 7) is 4.61. The number of likely N-dealkylation sites (N-methyl/N-ethyl adjacent to an activating group) is 1. The molecule has 12 nitrogen and oxygen atoms in total. The number of anilines is 2. The molecular weight excluding hydrogens is 608 g/mol. The molecule has 5 bridgehead atoms. The van der Waals surface area contributed by atoms with Crippen molar-refractivity contribution in [1.29, 1.82) is 5.41 Å². The Morgan fingerprint density at radius 3 is 2.58 bits per heavy atom. The number of aryl methyl sites for hydroxylation is 1. The highest BCUT2D eigenvalue weighted by Gasteiger charge is 2.29. The van der Waals surface area contributed by atoms with E-state index in [0.29, 0.717) is 50.4 Å². The van der Waals surface area contributed by atoms with Crippen LogP contribution in [0.25, 0.3) is 6.08 Å². The molecule has 1 aliphatic carbocycles. The fourth-order valence-corrected chi connectivity index (χ4v) is 5.90. The van der Waals surface area contributed by atoms with Crippen LogP contribution in [0.1, 0.15) is 50.3 Å². The maximum absolute atomic E-state index is 13.5. The van der Waals surface area contributed by atoms with Crippen molar-refractivity contribution in [2.45, 2.75) is 38.6 Å². The zero-order valence-electron chi connectivity index (χ0n) is 28.1. The Bertz CT molecular complexity index is 1610. The summed E-state index contributed by atoms with van der Waals surface area (Å²) in [7, 11) is 5.47. The largest absolute Gasteiger partial charge is 0.387 e. The van der Waals surface area contributed by atoms with Gasteiger partial charge in [-0.05, 0) is 98.3 Å². The zero-order valence-corrected chi connectivity index (χ0v) is 28.1. The first-order valence-corrected chi connectivity index (χ1v) is 16.2. The minimum atomic E-state index is -0.250. The van der Waals surface area contributed by atoms with Gasteiger partial charge >= 0.3 is 0 Å². The molecule has 12 heteroatoms. The van der Waals surface area contributed by atoms with E-state index in [1.54, 1.807) is 25.5 Å². The van der Waals surface area contributed by atoms with Crippen molar-refractivity contribution in [1.82, 2.24) is 25.5 Å². The number of ether oxygens (including phenoxy) is 1. The molecule has 3 aromatic rings. The van der Waals surface area contributed by atoms with Gasteiger partial charge in [0.2, 0.25) is 12.3 Å². The minimum absolute atomic E-state index is 0.0946. The second-order valence-electron chi connectivity index (χ2n) is 12.0. The van der Waals surface area contributed by atoms with Crippen molar-refractivity contribution in [3.8, 4) is 0 Å². The van der Waals surface area contributed by atoms with Gasteiger partial charge in [-0.15, -0.1) is 0 Å². The lowest BCUT2D eigenvalue weighted by Crippen LogP contribution is -2.39. The van der Waals surface area contributed by atoms with Gasteiger partial charge in [0.25, 0.3) is 5.91 Å². The Morgan fingerprint density at radius 2 is 1.88 bits per heavy atom. The predicted octanol–water partition coefficient (Wildman–Crippen LogP) is 3.25. The van der Waals surface area contributed by atoms with Crippen LogP contribution in [0.2, 0.25) is 0 Å². The average molecular weight is 655 g/mol. The van der Waals surface area contributed by atoms with Crippen molar-refractivity contribution >= 4 is 42.0 Å². The summed E-state index contributed by atoms with van der Waals surface area (Å²) in [4.78, 5) is 46.7. The summed E-state index contributed by atoms with van der Waals surface area (Å²) in [5, 5.41) is 19.5.